The summed E-state index contributed by atoms with van der Waals surface area (Å²) in [7, 11) is 0. The Bertz CT molecular complexity index is 645. The zero-order valence-corrected chi connectivity index (χ0v) is 9.59. The molecule has 7 nitrogen and oxygen atoms in total. The van der Waals surface area contributed by atoms with Crippen LogP contribution in [0.5, 0.6) is 0 Å². The van der Waals surface area contributed by atoms with Gasteiger partial charge in [-0.2, -0.15) is 0 Å². The quantitative estimate of drug-likeness (QED) is 0.590. The first-order valence-corrected chi connectivity index (χ1v) is 5.04. The van der Waals surface area contributed by atoms with Crippen molar-refractivity contribution in [3.8, 4) is 0 Å². The molecule has 0 aromatic heterocycles. The summed E-state index contributed by atoms with van der Waals surface area (Å²) in [6.45, 7) is 3.14. The van der Waals surface area contributed by atoms with E-state index in [2.05, 4.69) is 0 Å². The average molecular weight is 248 g/mol. The molecule has 18 heavy (non-hydrogen) atoms. The maximum Gasteiger partial charge on any atom is 0.284 e. The summed E-state index contributed by atoms with van der Waals surface area (Å²) in [5.74, 6) is -0.394. The number of ketones is 1. The van der Waals surface area contributed by atoms with E-state index >= 15 is 0 Å². The van der Waals surface area contributed by atoms with Gasteiger partial charge in [-0.3, -0.25) is 25.0 Å². The fourth-order valence-corrected chi connectivity index (χ4v) is 1.99. The van der Waals surface area contributed by atoms with Crippen LogP contribution in [0.3, 0.4) is 0 Å². The standard InChI is InChI=1S/C11H8N2O5/c1-5-6(2)11(14)8-3-7(12(15)16)4-9(10(5)8)13(17)18/h3-4H,1-2H3. The van der Waals surface area contributed by atoms with Gasteiger partial charge in [0.05, 0.1) is 21.5 Å². The first-order chi connectivity index (χ1) is 8.34. The molecular weight excluding hydrogens is 240 g/mol. The van der Waals surface area contributed by atoms with Crippen molar-refractivity contribution in [2.24, 2.45) is 0 Å². The first-order valence-electron chi connectivity index (χ1n) is 5.04. The molecule has 1 aliphatic rings. The van der Waals surface area contributed by atoms with Crippen LogP contribution in [0, 0.1) is 20.2 Å². The highest BCUT2D eigenvalue weighted by Crippen LogP contribution is 2.40. The zero-order valence-electron chi connectivity index (χ0n) is 9.59. The van der Waals surface area contributed by atoms with E-state index in [1.54, 1.807) is 13.8 Å². The third-order valence-corrected chi connectivity index (χ3v) is 3.03. The van der Waals surface area contributed by atoms with Crippen LogP contribution in [0.15, 0.2) is 17.7 Å². The molecule has 1 aliphatic carbocycles. The number of Topliss-reactive ketones (excluding diaryl/α,β-unsaturated/α-hetero) is 1. The van der Waals surface area contributed by atoms with E-state index in [1.807, 2.05) is 0 Å². The first kappa shape index (κ1) is 11.9. The van der Waals surface area contributed by atoms with Crippen LogP contribution >= 0.6 is 0 Å². The number of carbonyl (C=O) groups excluding carboxylic acids is 1. The minimum Gasteiger partial charge on any atom is -0.289 e. The van der Waals surface area contributed by atoms with Gasteiger partial charge in [-0.25, -0.2) is 0 Å². The van der Waals surface area contributed by atoms with E-state index in [4.69, 9.17) is 0 Å². The van der Waals surface area contributed by atoms with E-state index in [-0.39, 0.29) is 11.1 Å². The highest BCUT2D eigenvalue weighted by molar-refractivity contribution is 6.21. The zero-order chi connectivity index (χ0) is 13.6. The number of rotatable bonds is 2. The Morgan fingerprint density at radius 1 is 1.00 bits per heavy atom. The highest BCUT2D eigenvalue weighted by atomic mass is 16.6. The lowest BCUT2D eigenvalue weighted by Crippen LogP contribution is -2.01. The number of non-ortho nitro benzene ring substituents is 1. The van der Waals surface area contributed by atoms with Gasteiger partial charge in [0.2, 0.25) is 0 Å². The molecule has 2 rings (SSSR count). The van der Waals surface area contributed by atoms with Gasteiger partial charge in [0.25, 0.3) is 11.4 Å². The molecule has 0 aliphatic heterocycles. The lowest BCUT2D eigenvalue weighted by molar-refractivity contribution is -0.394. The average Bonchev–Trinajstić information content (AvgIpc) is 2.53. The van der Waals surface area contributed by atoms with E-state index in [0.29, 0.717) is 11.1 Å². The predicted octanol–water partition coefficient (Wildman–Crippen LogP) is 2.49. The Balaban J connectivity index is 2.83. The number of fused-ring (bicyclic) bond motifs is 1. The van der Waals surface area contributed by atoms with Crippen LogP contribution in [0.25, 0.3) is 5.57 Å². The molecule has 0 N–H and O–H groups in total. The number of benzene rings is 1. The van der Waals surface area contributed by atoms with Gasteiger partial charge in [-0.05, 0) is 19.4 Å². The maximum atomic E-state index is 11.9. The van der Waals surface area contributed by atoms with Crippen LogP contribution in [-0.4, -0.2) is 15.6 Å². The Morgan fingerprint density at radius 3 is 2.11 bits per heavy atom. The number of hydrogen-bond donors (Lipinski definition) is 0. The molecule has 1 aromatic carbocycles. The molecule has 0 spiro atoms. The van der Waals surface area contributed by atoms with Crippen molar-refractivity contribution in [1.29, 1.82) is 0 Å². The van der Waals surface area contributed by atoms with Crippen molar-refractivity contribution in [2.75, 3.05) is 0 Å². The molecule has 0 radical (unpaired) electrons. The topological polar surface area (TPSA) is 103 Å². The van der Waals surface area contributed by atoms with Crippen molar-refractivity contribution in [3.63, 3.8) is 0 Å². The van der Waals surface area contributed by atoms with E-state index in [1.165, 1.54) is 0 Å². The molecule has 0 bridgehead atoms. The molecule has 0 saturated carbocycles. The summed E-state index contributed by atoms with van der Waals surface area (Å²) < 4.78 is 0. The molecule has 0 saturated heterocycles. The summed E-state index contributed by atoms with van der Waals surface area (Å²) >= 11 is 0. The van der Waals surface area contributed by atoms with Gasteiger partial charge in [-0.1, -0.05) is 0 Å². The Hall–Kier alpha value is -2.57. The molecular formula is C11H8N2O5. The van der Waals surface area contributed by atoms with Crippen molar-refractivity contribution in [3.05, 3.63) is 49.1 Å². The van der Waals surface area contributed by atoms with E-state index in [0.717, 1.165) is 12.1 Å². The molecule has 7 heteroatoms. The van der Waals surface area contributed by atoms with Crippen LogP contribution in [-0.2, 0) is 0 Å². The van der Waals surface area contributed by atoms with Crippen molar-refractivity contribution >= 4 is 22.7 Å². The normalized spacial score (nSPS) is 13.8. The number of nitro benzene ring substituents is 2. The van der Waals surface area contributed by atoms with E-state index in [9.17, 15) is 25.0 Å². The smallest absolute Gasteiger partial charge is 0.284 e. The van der Waals surface area contributed by atoms with Crippen LogP contribution in [0.4, 0.5) is 11.4 Å². The van der Waals surface area contributed by atoms with Crippen LogP contribution in [0.2, 0.25) is 0 Å². The van der Waals surface area contributed by atoms with Gasteiger partial charge in [0, 0.05) is 17.2 Å². The SMILES string of the molecule is CC1=C(C)c2c(cc([N+](=O)[O-])cc2[N+](=O)[O-])C1=O. The van der Waals surface area contributed by atoms with Crippen LogP contribution < -0.4 is 0 Å². The number of nitro groups is 2. The summed E-state index contributed by atoms with van der Waals surface area (Å²) in [6.07, 6.45) is 0. The molecule has 0 heterocycles. The second-order valence-corrected chi connectivity index (χ2v) is 3.98. The second-order valence-electron chi connectivity index (χ2n) is 3.98. The van der Waals surface area contributed by atoms with Gasteiger partial charge in [-0.15, -0.1) is 0 Å². The minimum atomic E-state index is -0.746. The fraction of sp³-hybridized carbons (Fsp3) is 0.182. The Kier molecular flexibility index (Phi) is 2.46. The monoisotopic (exact) mass is 248 g/mol. The highest BCUT2D eigenvalue weighted by Gasteiger charge is 2.34. The van der Waals surface area contributed by atoms with E-state index < -0.39 is 27.0 Å². The van der Waals surface area contributed by atoms with Gasteiger partial charge in [0.15, 0.2) is 5.78 Å². The summed E-state index contributed by atoms with van der Waals surface area (Å²) in [4.78, 5) is 32.0. The molecule has 0 fully saturated rings. The molecule has 0 unspecified atom stereocenters. The number of nitrogens with zero attached hydrogens (tertiary/aromatic N) is 2. The third-order valence-electron chi connectivity index (χ3n) is 3.03. The molecule has 92 valence electrons. The number of allylic oxidation sites excluding steroid dienone is 2. The van der Waals surface area contributed by atoms with Gasteiger partial charge < -0.3 is 0 Å². The largest absolute Gasteiger partial charge is 0.289 e. The number of hydrogen-bond acceptors (Lipinski definition) is 5. The molecule has 1 aromatic rings. The van der Waals surface area contributed by atoms with Gasteiger partial charge >= 0.3 is 0 Å². The minimum absolute atomic E-state index is 0.0332. The lowest BCUT2D eigenvalue weighted by Gasteiger charge is -2.02. The molecule has 0 atom stereocenters. The number of carbonyl (C=O) groups is 1. The summed E-state index contributed by atoms with van der Waals surface area (Å²) in [6, 6.07) is 1.97. The lowest BCUT2D eigenvalue weighted by atomic mass is 10.0. The van der Waals surface area contributed by atoms with Crippen LogP contribution in [0.1, 0.15) is 29.8 Å². The van der Waals surface area contributed by atoms with Crippen molar-refractivity contribution in [1.82, 2.24) is 0 Å². The molecule has 0 amide bonds. The summed E-state index contributed by atoms with van der Waals surface area (Å²) in [5.41, 5.74) is 0.252. The second kappa shape index (κ2) is 3.73. The van der Waals surface area contributed by atoms with Crippen molar-refractivity contribution in [2.45, 2.75) is 13.8 Å². The Labute approximate surface area is 101 Å². The fourth-order valence-electron chi connectivity index (χ4n) is 1.99. The summed E-state index contributed by atoms with van der Waals surface area (Å²) in [5, 5.41) is 21.6. The van der Waals surface area contributed by atoms with Gasteiger partial charge in [0.1, 0.15) is 0 Å². The predicted molar refractivity (Wildman–Crippen MR) is 62.3 cm³/mol. The maximum absolute atomic E-state index is 11.9. The van der Waals surface area contributed by atoms with Crippen molar-refractivity contribution < 1.29 is 14.6 Å². The third kappa shape index (κ3) is 1.48. The Morgan fingerprint density at radius 2 is 1.61 bits per heavy atom.